The monoisotopic (exact) mass is 493 g/mol. The molecule has 1 rings (SSSR count). The van der Waals surface area contributed by atoms with Crippen LogP contribution in [0.2, 0.25) is 0 Å². The van der Waals surface area contributed by atoms with E-state index in [0.29, 0.717) is 12.1 Å². The summed E-state index contributed by atoms with van der Waals surface area (Å²) in [5.74, 6) is -1.85. The van der Waals surface area contributed by atoms with E-state index in [1.165, 1.54) is 7.85 Å². The first-order chi connectivity index (χ1) is 16.0. The van der Waals surface area contributed by atoms with Gasteiger partial charge in [-0.05, 0) is 36.5 Å². The first-order valence-electron chi connectivity index (χ1n) is 10.9. The summed E-state index contributed by atoms with van der Waals surface area (Å²) in [6.45, 7) is 3.93. The van der Waals surface area contributed by atoms with Gasteiger partial charge in [0.05, 0.1) is 0 Å². The Balaban J connectivity index is 2.89. The molecule has 0 aliphatic heterocycles. The average molecular weight is 493 g/mol. The number of urea groups is 1. The van der Waals surface area contributed by atoms with Crippen molar-refractivity contribution in [3.63, 3.8) is 0 Å². The van der Waals surface area contributed by atoms with Crippen LogP contribution in [-0.2, 0) is 25.7 Å². The van der Waals surface area contributed by atoms with Gasteiger partial charge in [-0.3, -0.25) is 19.2 Å². The highest BCUT2D eigenvalue weighted by atomic mass is 31.0. The predicted molar refractivity (Wildman–Crippen MR) is 134 cm³/mol. The Labute approximate surface area is 202 Å². The highest BCUT2D eigenvalue weighted by Crippen LogP contribution is 2.12. The van der Waals surface area contributed by atoms with E-state index in [2.05, 4.69) is 30.5 Å². The molecule has 6 N–H and O–H groups in total. The van der Waals surface area contributed by atoms with E-state index >= 15 is 0 Å². The lowest BCUT2D eigenvalue weighted by molar-refractivity contribution is -0.131. The minimum Gasteiger partial charge on any atom is -0.469 e. The third kappa shape index (κ3) is 11.1. The number of primary amides is 1. The van der Waals surface area contributed by atoms with E-state index < -0.39 is 35.8 Å². The van der Waals surface area contributed by atoms with Gasteiger partial charge < -0.3 is 31.7 Å². The lowest BCUT2D eigenvalue weighted by Gasteiger charge is -2.25. The number of rotatable bonds is 13. The number of ether oxygens (including phenoxy) is 1. The summed E-state index contributed by atoms with van der Waals surface area (Å²) in [7, 11) is 3.61. The minimum atomic E-state index is -0.919. The van der Waals surface area contributed by atoms with Crippen LogP contribution in [0.25, 0.3) is 0 Å². The van der Waals surface area contributed by atoms with Crippen molar-refractivity contribution < 1.29 is 28.7 Å². The number of carbonyl (C=O) groups is 5. The van der Waals surface area contributed by atoms with E-state index in [0.717, 1.165) is 5.56 Å². The standard InChI is InChI=1S/C21H33BN5O6P/c1-12(2)17(27-16(28)11-34)19(30)26-15(4-3-9-24-21(23)32)18(29)25-14-7-5-13(6-8-14)10-33-20(22)31/h5-8,12,15,17H,3-4,9-11,22,34H2,1-2H3,(H,25,29)(H,26,30)(H,27,28)(H3,23,24,32)/t15-,17?/m0/s1. The van der Waals surface area contributed by atoms with E-state index in [4.69, 9.17) is 10.5 Å². The summed E-state index contributed by atoms with van der Waals surface area (Å²) in [6, 6.07) is 4.30. The SMILES string of the molecule is BC(=O)OCc1ccc(NC(=O)[C@H](CCCNC(N)=O)NC(=O)C(NC(=O)CP)C(C)C)cc1. The maximum absolute atomic E-state index is 12.9. The maximum Gasteiger partial charge on any atom is 0.312 e. The number of amides is 5. The molecule has 0 fully saturated rings. The van der Waals surface area contributed by atoms with E-state index in [-0.39, 0.29) is 37.6 Å². The third-order valence-corrected chi connectivity index (χ3v) is 5.09. The van der Waals surface area contributed by atoms with Crippen LogP contribution in [0.1, 0.15) is 32.3 Å². The van der Waals surface area contributed by atoms with Crippen LogP contribution in [0.4, 0.5) is 15.3 Å². The first-order valence-corrected chi connectivity index (χ1v) is 11.7. The van der Waals surface area contributed by atoms with Gasteiger partial charge >= 0.3 is 6.03 Å². The molecule has 0 aliphatic rings. The molecule has 2 unspecified atom stereocenters. The topological polar surface area (TPSA) is 169 Å². The van der Waals surface area contributed by atoms with Gasteiger partial charge in [-0.1, -0.05) is 26.0 Å². The molecule has 0 spiro atoms. The normalized spacial score (nSPS) is 12.2. The van der Waals surface area contributed by atoms with Crippen molar-refractivity contribution in [2.24, 2.45) is 11.7 Å². The molecular formula is C21H33BN5O6P. The van der Waals surface area contributed by atoms with Crippen molar-refractivity contribution in [2.75, 3.05) is 18.0 Å². The molecule has 11 nitrogen and oxygen atoms in total. The zero-order chi connectivity index (χ0) is 25.7. The van der Waals surface area contributed by atoms with Crippen LogP contribution >= 0.6 is 9.24 Å². The number of hydrogen-bond acceptors (Lipinski definition) is 6. The molecule has 5 amide bonds. The Hall–Kier alpha value is -3.14. The van der Waals surface area contributed by atoms with Crippen molar-refractivity contribution in [1.29, 1.82) is 0 Å². The van der Waals surface area contributed by atoms with Crippen LogP contribution in [-0.4, -0.2) is 62.3 Å². The van der Waals surface area contributed by atoms with Gasteiger partial charge in [0, 0.05) is 18.4 Å². The van der Waals surface area contributed by atoms with Crippen molar-refractivity contribution in [3.8, 4) is 0 Å². The van der Waals surface area contributed by atoms with Crippen LogP contribution in [0, 0.1) is 5.92 Å². The van der Waals surface area contributed by atoms with Gasteiger partial charge in [0.15, 0.2) is 0 Å². The van der Waals surface area contributed by atoms with E-state index in [9.17, 15) is 24.0 Å². The smallest absolute Gasteiger partial charge is 0.312 e. The second-order valence-corrected chi connectivity index (χ2v) is 8.36. The Bertz CT molecular complexity index is 868. The minimum absolute atomic E-state index is 0.119. The molecule has 0 aromatic heterocycles. The first kappa shape index (κ1) is 28.9. The van der Waals surface area contributed by atoms with Gasteiger partial charge in [-0.2, -0.15) is 0 Å². The molecule has 0 bridgehead atoms. The summed E-state index contributed by atoms with van der Waals surface area (Å²) in [5.41, 5.74) is 6.31. The summed E-state index contributed by atoms with van der Waals surface area (Å²) >= 11 is 0. The summed E-state index contributed by atoms with van der Waals surface area (Å²) in [5, 5.41) is 10.5. The molecule has 0 saturated heterocycles. The molecule has 1 aromatic carbocycles. The van der Waals surface area contributed by atoms with Gasteiger partial charge in [-0.25, -0.2) is 4.79 Å². The maximum atomic E-state index is 12.9. The largest absolute Gasteiger partial charge is 0.469 e. The van der Waals surface area contributed by atoms with Crippen molar-refractivity contribution in [3.05, 3.63) is 29.8 Å². The Morgan fingerprint density at radius 2 is 1.71 bits per heavy atom. The van der Waals surface area contributed by atoms with E-state index in [1.54, 1.807) is 38.1 Å². The van der Waals surface area contributed by atoms with Gasteiger partial charge in [0.25, 0.3) is 0 Å². The van der Waals surface area contributed by atoms with Crippen molar-refractivity contribution in [2.45, 2.75) is 45.4 Å². The highest BCUT2D eigenvalue weighted by Gasteiger charge is 2.28. The van der Waals surface area contributed by atoms with Crippen molar-refractivity contribution >= 4 is 52.4 Å². The summed E-state index contributed by atoms with van der Waals surface area (Å²) < 4.78 is 4.94. The van der Waals surface area contributed by atoms with Crippen LogP contribution in [0.3, 0.4) is 0 Å². The van der Waals surface area contributed by atoms with Crippen LogP contribution in [0.15, 0.2) is 24.3 Å². The molecular weight excluding hydrogens is 460 g/mol. The fourth-order valence-corrected chi connectivity index (χ4v) is 3.03. The van der Waals surface area contributed by atoms with Gasteiger partial charge in [0.1, 0.15) is 18.7 Å². The van der Waals surface area contributed by atoms with Crippen LogP contribution in [0.5, 0.6) is 0 Å². The van der Waals surface area contributed by atoms with Gasteiger partial charge in [0.2, 0.25) is 31.4 Å². The highest BCUT2D eigenvalue weighted by molar-refractivity contribution is 7.18. The molecule has 3 atom stereocenters. The fourth-order valence-electron chi connectivity index (χ4n) is 2.91. The van der Waals surface area contributed by atoms with Gasteiger partial charge in [-0.15, -0.1) is 9.24 Å². The lowest BCUT2D eigenvalue weighted by Crippen LogP contribution is -2.54. The number of benzene rings is 1. The number of nitrogens with one attached hydrogen (secondary N) is 4. The Morgan fingerprint density at radius 3 is 2.24 bits per heavy atom. The molecule has 0 radical (unpaired) electrons. The molecule has 0 saturated carbocycles. The number of anilines is 1. The number of hydrogen-bond donors (Lipinski definition) is 5. The lowest BCUT2D eigenvalue weighted by atomic mass is 10.0. The Morgan fingerprint density at radius 1 is 1.06 bits per heavy atom. The van der Waals surface area contributed by atoms with E-state index in [1.807, 2.05) is 0 Å². The Kier molecular flexibility index (Phi) is 12.7. The van der Waals surface area contributed by atoms with Crippen molar-refractivity contribution in [1.82, 2.24) is 16.0 Å². The zero-order valence-corrected chi connectivity index (χ0v) is 20.8. The molecule has 0 aliphatic carbocycles. The molecule has 0 heterocycles. The summed E-state index contributed by atoms with van der Waals surface area (Å²) in [6.07, 6.45) is 0.754. The number of nitrogens with two attached hydrogens (primary N) is 1. The predicted octanol–water partition coefficient (Wildman–Crippen LogP) is -0.156. The molecule has 1 aromatic rings. The number of carbonyl (C=O) groups excluding carboxylic acids is 5. The molecule has 13 heteroatoms. The molecule has 186 valence electrons. The van der Waals surface area contributed by atoms with Crippen LogP contribution < -0.4 is 27.0 Å². The zero-order valence-electron chi connectivity index (χ0n) is 19.7. The molecule has 34 heavy (non-hydrogen) atoms. The second kappa shape index (κ2) is 14.9. The average Bonchev–Trinajstić information content (AvgIpc) is 2.78. The second-order valence-electron chi connectivity index (χ2n) is 7.95. The summed E-state index contributed by atoms with van der Waals surface area (Å²) in [4.78, 5) is 59.5. The quantitative estimate of drug-likeness (QED) is 0.145. The fraction of sp³-hybridized carbons (Fsp3) is 0.476. The third-order valence-electron chi connectivity index (χ3n) is 4.72.